The largest absolute Gasteiger partial charge is 0.401 e. The Labute approximate surface area is 179 Å². The third kappa shape index (κ3) is 5.54. The Morgan fingerprint density at radius 1 is 1.24 bits per heavy atom. The minimum absolute atomic E-state index is 0.138. The van der Waals surface area contributed by atoms with E-state index in [1.807, 2.05) is 52.0 Å². The molecule has 0 bridgehead atoms. The standard InChI is InChI=1S/C22H34N4O2S/c1-13(23)18(29)16-10-8-15(9-11-16)14(2)25-20(27)17-7-6-12-26(17)21(28)19(24)22(3,4)5/h8-11,14,17,19,29H,6-7,12,23-24H2,1-5H3,(H,25,27)/b18-13-/t14-,17-,19+/m0/s1. The van der Waals surface area contributed by atoms with Gasteiger partial charge in [-0.2, -0.15) is 0 Å². The zero-order valence-corrected chi connectivity index (χ0v) is 18.9. The van der Waals surface area contributed by atoms with Gasteiger partial charge in [0, 0.05) is 17.1 Å². The lowest BCUT2D eigenvalue weighted by Gasteiger charge is -2.33. The molecular weight excluding hydrogens is 384 g/mol. The third-order valence-electron chi connectivity index (χ3n) is 5.45. The van der Waals surface area contributed by atoms with Gasteiger partial charge in [0.1, 0.15) is 6.04 Å². The molecule has 6 nitrogen and oxygen atoms in total. The summed E-state index contributed by atoms with van der Waals surface area (Å²) in [6.45, 7) is 10.1. The van der Waals surface area contributed by atoms with Crippen LogP contribution >= 0.6 is 12.6 Å². The summed E-state index contributed by atoms with van der Waals surface area (Å²) in [5, 5.41) is 3.04. The van der Waals surface area contributed by atoms with Crippen LogP contribution in [0.4, 0.5) is 0 Å². The number of amides is 2. The van der Waals surface area contributed by atoms with E-state index in [2.05, 4.69) is 17.9 Å². The Kier molecular flexibility index (Phi) is 7.40. The van der Waals surface area contributed by atoms with Gasteiger partial charge in [0.25, 0.3) is 0 Å². The highest BCUT2D eigenvalue weighted by atomic mass is 32.1. The van der Waals surface area contributed by atoms with Crippen LogP contribution in [0.15, 0.2) is 30.0 Å². The number of nitrogens with two attached hydrogens (primary N) is 2. The first-order chi connectivity index (χ1) is 13.4. The molecule has 29 heavy (non-hydrogen) atoms. The first kappa shape index (κ1) is 23.3. The lowest BCUT2D eigenvalue weighted by atomic mass is 9.86. The maximum Gasteiger partial charge on any atom is 0.243 e. The molecule has 1 heterocycles. The van der Waals surface area contributed by atoms with E-state index in [0.29, 0.717) is 18.7 Å². The van der Waals surface area contributed by atoms with E-state index in [1.165, 1.54) is 0 Å². The van der Waals surface area contributed by atoms with Crippen LogP contribution in [0.1, 0.15) is 64.6 Å². The number of nitrogens with zero attached hydrogens (tertiary/aromatic N) is 1. The summed E-state index contributed by atoms with van der Waals surface area (Å²) in [4.78, 5) is 28.1. The van der Waals surface area contributed by atoms with Gasteiger partial charge in [0.2, 0.25) is 11.8 Å². The molecule has 3 atom stereocenters. The van der Waals surface area contributed by atoms with Crippen LogP contribution in [-0.4, -0.2) is 35.3 Å². The van der Waals surface area contributed by atoms with Crippen LogP contribution < -0.4 is 16.8 Å². The predicted octanol–water partition coefficient (Wildman–Crippen LogP) is 2.81. The molecule has 0 radical (unpaired) electrons. The zero-order chi connectivity index (χ0) is 21.9. The Morgan fingerprint density at radius 3 is 2.34 bits per heavy atom. The molecule has 0 aromatic heterocycles. The summed E-state index contributed by atoms with van der Waals surface area (Å²) in [7, 11) is 0. The highest BCUT2D eigenvalue weighted by molar-refractivity contribution is 7.90. The quantitative estimate of drug-likeness (QED) is 0.552. The van der Waals surface area contributed by atoms with Gasteiger partial charge >= 0.3 is 0 Å². The van der Waals surface area contributed by atoms with Crippen molar-refractivity contribution < 1.29 is 9.59 Å². The molecule has 7 heteroatoms. The van der Waals surface area contributed by atoms with Crippen LogP contribution in [0.5, 0.6) is 0 Å². The maximum atomic E-state index is 12.9. The fourth-order valence-electron chi connectivity index (χ4n) is 3.40. The second-order valence-electron chi connectivity index (χ2n) is 8.92. The fourth-order valence-corrected chi connectivity index (χ4v) is 3.55. The van der Waals surface area contributed by atoms with E-state index in [9.17, 15) is 9.59 Å². The molecule has 0 aliphatic carbocycles. The Hall–Kier alpha value is -1.99. The van der Waals surface area contributed by atoms with Crippen molar-refractivity contribution in [2.24, 2.45) is 16.9 Å². The molecule has 2 rings (SSSR count). The lowest BCUT2D eigenvalue weighted by molar-refractivity contribution is -0.141. The molecule has 1 aromatic rings. The van der Waals surface area contributed by atoms with Crippen molar-refractivity contribution in [3.05, 3.63) is 41.1 Å². The van der Waals surface area contributed by atoms with Crippen LogP contribution in [0.3, 0.4) is 0 Å². The molecular formula is C22H34N4O2S. The van der Waals surface area contributed by atoms with Crippen molar-refractivity contribution in [2.45, 2.75) is 65.6 Å². The van der Waals surface area contributed by atoms with Gasteiger partial charge in [-0.25, -0.2) is 0 Å². The SMILES string of the molecule is C/C(N)=C(/S)c1ccc([C@H](C)NC(=O)[C@@H]2CCCN2C(=O)[C@@H](N)C(C)(C)C)cc1. The van der Waals surface area contributed by atoms with E-state index >= 15 is 0 Å². The molecule has 1 aliphatic heterocycles. The van der Waals surface area contributed by atoms with Crippen molar-refractivity contribution in [2.75, 3.05) is 6.54 Å². The smallest absolute Gasteiger partial charge is 0.243 e. The lowest BCUT2D eigenvalue weighted by Crippen LogP contribution is -2.55. The molecule has 1 aromatic carbocycles. The molecule has 0 unspecified atom stereocenters. The number of nitrogens with one attached hydrogen (secondary N) is 1. The molecule has 2 amide bonds. The fraction of sp³-hybridized carbons (Fsp3) is 0.545. The highest BCUT2D eigenvalue weighted by Gasteiger charge is 2.39. The van der Waals surface area contributed by atoms with Crippen molar-refractivity contribution in [3.63, 3.8) is 0 Å². The molecule has 1 saturated heterocycles. The van der Waals surface area contributed by atoms with Crippen LogP contribution in [0.25, 0.3) is 4.91 Å². The van der Waals surface area contributed by atoms with Gasteiger partial charge in [0.15, 0.2) is 0 Å². The number of carbonyl (C=O) groups excluding carboxylic acids is 2. The molecule has 0 spiro atoms. The third-order valence-corrected chi connectivity index (χ3v) is 6.06. The topological polar surface area (TPSA) is 101 Å². The number of allylic oxidation sites excluding steroid dienone is 1. The zero-order valence-electron chi connectivity index (χ0n) is 18.0. The van der Waals surface area contributed by atoms with Gasteiger partial charge < -0.3 is 21.7 Å². The molecule has 160 valence electrons. The van der Waals surface area contributed by atoms with E-state index in [-0.39, 0.29) is 23.3 Å². The molecule has 5 N–H and O–H groups in total. The van der Waals surface area contributed by atoms with E-state index in [1.54, 1.807) is 11.8 Å². The van der Waals surface area contributed by atoms with Gasteiger partial charge in [-0.3, -0.25) is 9.59 Å². The number of hydrogen-bond acceptors (Lipinski definition) is 5. The van der Waals surface area contributed by atoms with Crippen molar-refractivity contribution in [1.29, 1.82) is 0 Å². The Morgan fingerprint density at radius 2 is 1.83 bits per heavy atom. The second-order valence-corrected chi connectivity index (χ2v) is 9.36. The van der Waals surface area contributed by atoms with Crippen molar-refractivity contribution in [3.8, 4) is 0 Å². The number of hydrogen-bond donors (Lipinski definition) is 4. The maximum absolute atomic E-state index is 12.9. The first-order valence-corrected chi connectivity index (χ1v) is 10.5. The molecule has 1 fully saturated rings. The number of carbonyl (C=O) groups is 2. The summed E-state index contributed by atoms with van der Waals surface area (Å²) >= 11 is 4.42. The number of benzene rings is 1. The Bertz CT molecular complexity index is 779. The van der Waals surface area contributed by atoms with Gasteiger partial charge in [-0.05, 0) is 43.2 Å². The van der Waals surface area contributed by atoms with Gasteiger partial charge in [-0.1, -0.05) is 45.0 Å². The van der Waals surface area contributed by atoms with Crippen LogP contribution in [-0.2, 0) is 9.59 Å². The van der Waals surface area contributed by atoms with E-state index in [4.69, 9.17) is 11.5 Å². The molecule has 0 saturated carbocycles. The average Bonchev–Trinajstić information content (AvgIpc) is 3.15. The van der Waals surface area contributed by atoms with Crippen molar-refractivity contribution >= 4 is 29.3 Å². The summed E-state index contributed by atoms with van der Waals surface area (Å²) in [6.07, 6.45) is 1.46. The van der Waals surface area contributed by atoms with Gasteiger partial charge in [-0.15, -0.1) is 12.6 Å². The van der Waals surface area contributed by atoms with E-state index < -0.39 is 12.1 Å². The molecule has 1 aliphatic rings. The summed E-state index contributed by atoms with van der Waals surface area (Å²) in [6, 6.07) is 6.49. The van der Waals surface area contributed by atoms with E-state index in [0.717, 1.165) is 22.5 Å². The second kappa shape index (κ2) is 9.22. The normalized spacial score (nSPS) is 20.1. The first-order valence-electron chi connectivity index (χ1n) is 10.1. The van der Waals surface area contributed by atoms with Gasteiger partial charge in [0.05, 0.1) is 12.1 Å². The summed E-state index contributed by atoms with van der Waals surface area (Å²) < 4.78 is 0. The summed E-state index contributed by atoms with van der Waals surface area (Å²) in [5.74, 6) is -0.293. The Balaban J connectivity index is 2.07. The predicted molar refractivity (Wildman–Crippen MR) is 121 cm³/mol. The highest BCUT2D eigenvalue weighted by Crippen LogP contribution is 2.26. The number of rotatable bonds is 5. The van der Waals surface area contributed by atoms with Crippen LogP contribution in [0, 0.1) is 5.41 Å². The minimum atomic E-state index is -0.629. The number of thiol groups is 1. The van der Waals surface area contributed by atoms with Crippen LogP contribution in [0.2, 0.25) is 0 Å². The minimum Gasteiger partial charge on any atom is -0.401 e. The number of likely N-dealkylation sites (tertiary alicyclic amines) is 1. The monoisotopic (exact) mass is 418 g/mol. The summed E-state index contributed by atoms with van der Waals surface area (Å²) in [5.41, 5.74) is 14.1. The average molecular weight is 419 g/mol. The van der Waals surface area contributed by atoms with Crippen molar-refractivity contribution in [1.82, 2.24) is 10.2 Å².